The van der Waals surface area contributed by atoms with Gasteiger partial charge in [0, 0.05) is 12.6 Å². The Kier molecular flexibility index (Phi) is 6.29. The molecule has 0 spiro atoms. The Balaban J connectivity index is 0.000000791. The van der Waals surface area contributed by atoms with E-state index in [9.17, 15) is 4.79 Å². The molecule has 0 fully saturated rings. The van der Waals surface area contributed by atoms with Crippen LogP contribution in [0.3, 0.4) is 0 Å². The zero-order chi connectivity index (χ0) is 11.0. The average molecular weight is 191 g/mol. The van der Waals surface area contributed by atoms with Crippen LogP contribution in [0.1, 0.15) is 33.3 Å². The molecule has 0 unspecified atom stereocenters. The van der Waals surface area contributed by atoms with Crippen LogP contribution in [0.2, 0.25) is 0 Å². The smallest absolute Gasteiger partial charge is 0.242 e. The van der Waals surface area contributed by atoms with E-state index in [4.69, 9.17) is 0 Å². The topological polar surface area (TPSA) is 29.4 Å². The fourth-order valence-corrected chi connectivity index (χ4v) is 0.980. The van der Waals surface area contributed by atoms with E-state index in [1.54, 1.807) is 0 Å². The van der Waals surface area contributed by atoms with Crippen LogP contribution in [-0.4, -0.2) is 11.6 Å². The van der Waals surface area contributed by atoms with Crippen molar-refractivity contribution in [3.63, 3.8) is 0 Å². The molecule has 0 atom stereocenters. The molecule has 0 aliphatic rings. The molecule has 1 amide bonds. The Morgan fingerprint density at radius 3 is 2.00 bits per heavy atom. The minimum absolute atomic E-state index is 0.156. The summed E-state index contributed by atoms with van der Waals surface area (Å²) in [5, 5.41) is 0. The van der Waals surface area contributed by atoms with Crippen molar-refractivity contribution in [2.24, 2.45) is 4.99 Å². The van der Waals surface area contributed by atoms with Crippen molar-refractivity contribution in [1.29, 1.82) is 0 Å². The number of carbonyl (C=O) groups is 1. The normalized spacial score (nSPS) is 10.1. The fourth-order valence-electron chi connectivity index (χ4n) is 0.980. The number of hydrogen-bond acceptors (Lipinski definition) is 1. The number of rotatable bonds is 1. The van der Waals surface area contributed by atoms with Gasteiger partial charge in [-0.2, -0.15) is 0 Å². The Bertz CT molecular complexity index is 301. The van der Waals surface area contributed by atoms with Crippen LogP contribution in [0.15, 0.2) is 35.3 Å². The molecule has 2 heteroatoms. The lowest BCUT2D eigenvalue weighted by molar-refractivity contribution is -0.115. The number of amides is 1. The molecule has 1 aromatic carbocycles. The molecule has 0 aliphatic carbocycles. The molecule has 14 heavy (non-hydrogen) atoms. The Morgan fingerprint density at radius 1 is 1.07 bits per heavy atom. The summed E-state index contributed by atoms with van der Waals surface area (Å²) in [4.78, 5) is 14.5. The summed E-state index contributed by atoms with van der Waals surface area (Å²) in [6, 6.07) is 9.65. The van der Waals surface area contributed by atoms with Crippen LogP contribution < -0.4 is 0 Å². The number of carbonyl (C=O) groups excluding carboxylic acids is 1. The van der Waals surface area contributed by atoms with Crippen molar-refractivity contribution in [1.82, 2.24) is 0 Å². The van der Waals surface area contributed by atoms with Crippen LogP contribution in [-0.2, 0) is 4.79 Å². The molecule has 0 aliphatic heterocycles. The number of aliphatic imine (C=N–C) groups is 1. The van der Waals surface area contributed by atoms with Crippen LogP contribution in [0.5, 0.6) is 0 Å². The first-order chi connectivity index (χ1) is 6.70. The molecule has 1 aromatic rings. The first-order valence-electron chi connectivity index (χ1n) is 4.81. The van der Waals surface area contributed by atoms with Crippen LogP contribution in [0.4, 0.5) is 0 Å². The maximum atomic E-state index is 10.6. The van der Waals surface area contributed by atoms with E-state index in [2.05, 4.69) is 4.99 Å². The predicted octanol–water partition coefficient (Wildman–Crippen LogP) is 3.07. The fraction of sp³-hybridized carbons (Fsp3) is 0.333. The summed E-state index contributed by atoms with van der Waals surface area (Å²) in [7, 11) is 0. The van der Waals surface area contributed by atoms with Gasteiger partial charge in [0.15, 0.2) is 0 Å². The summed E-state index contributed by atoms with van der Waals surface area (Å²) in [6.45, 7) is 7.28. The van der Waals surface area contributed by atoms with E-state index in [-0.39, 0.29) is 5.91 Å². The second-order valence-electron chi connectivity index (χ2n) is 2.58. The monoisotopic (exact) mass is 191 g/mol. The van der Waals surface area contributed by atoms with Gasteiger partial charge in [-0.25, -0.2) is 4.99 Å². The zero-order valence-electron chi connectivity index (χ0n) is 9.24. The highest BCUT2D eigenvalue weighted by atomic mass is 16.1. The van der Waals surface area contributed by atoms with Gasteiger partial charge in [-0.15, -0.1) is 0 Å². The third-order valence-electron chi connectivity index (χ3n) is 1.52. The maximum absolute atomic E-state index is 10.6. The second-order valence-corrected chi connectivity index (χ2v) is 2.58. The Morgan fingerprint density at radius 2 is 1.57 bits per heavy atom. The Labute approximate surface area is 85.7 Å². The van der Waals surface area contributed by atoms with Crippen molar-refractivity contribution >= 4 is 11.6 Å². The molecule has 0 radical (unpaired) electrons. The minimum Gasteiger partial charge on any atom is -0.273 e. The quantitative estimate of drug-likeness (QED) is 0.627. The lowest BCUT2D eigenvalue weighted by atomic mass is 10.1. The van der Waals surface area contributed by atoms with Gasteiger partial charge in [0.2, 0.25) is 5.91 Å². The summed E-state index contributed by atoms with van der Waals surface area (Å²) >= 11 is 0. The van der Waals surface area contributed by atoms with Gasteiger partial charge >= 0.3 is 0 Å². The van der Waals surface area contributed by atoms with Crippen molar-refractivity contribution in [3.05, 3.63) is 35.9 Å². The average Bonchev–Trinajstić information content (AvgIpc) is 2.21. The largest absolute Gasteiger partial charge is 0.273 e. The van der Waals surface area contributed by atoms with Gasteiger partial charge in [-0.1, -0.05) is 44.2 Å². The molecule has 2 nitrogen and oxygen atoms in total. The highest BCUT2D eigenvalue weighted by molar-refractivity contribution is 6.04. The summed E-state index contributed by atoms with van der Waals surface area (Å²) < 4.78 is 0. The molecule has 0 bridgehead atoms. The van der Waals surface area contributed by atoms with Gasteiger partial charge in [0.05, 0.1) is 0 Å². The summed E-state index contributed by atoms with van der Waals surface area (Å²) in [6.07, 6.45) is 0. The van der Waals surface area contributed by atoms with E-state index in [0.717, 1.165) is 11.3 Å². The van der Waals surface area contributed by atoms with Gasteiger partial charge in [0.1, 0.15) is 0 Å². The van der Waals surface area contributed by atoms with Crippen molar-refractivity contribution in [2.45, 2.75) is 27.7 Å². The molecular weight excluding hydrogens is 174 g/mol. The molecule has 0 aromatic heterocycles. The van der Waals surface area contributed by atoms with Gasteiger partial charge < -0.3 is 0 Å². The number of hydrogen-bond donors (Lipinski definition) is 0. The first kappa shape index (κ1) is 12.6. The van der Waals surface area contributed by atoms with E-state index >= 15 is 0 Å². The first-order valence-corrected chi connectivity index (χ1v) is 4.81. The van der Waals surface area contributed by atoms with Crippen LogP contribution >= 0.6 is 0 Å². The highest BCUT2D eigenvalue weighted by Gasteiger charge is 1.95. The lowest BCUT2D eigenvalue weighted by Gasteiger charge is -1.97. The minimum atomic E-state index is -0.156. The lowest BCUT2D eigenvalue weighted by Crippen LogP contribution is -1.97. The van der Waals surface area contributed by atoms with E-state index in [1.807, 2.05) is 51.1 Å². The molecule has 0 heterocycles. The maximum Gasteiger partial charge on any atom is 0.242 e. The SMILES string of the molecule is CC.CC(=O)N=C(C)c1ccccc1. The Hall–Kier alpha value is -1.44. The number of nitrogens with zero attached hydrogens (tertiary/aromatic N) is 1. The third-order valence-corrected chi connectivity index (χ3v) is 1.52. The molecular formula is C12H17NO. The standard InChI is InChI=1S/C10H11NO.C2H6/c1-8(11-9(2)12)10-6-4-3-5-7-10;1-2/h3-7H,1-2H3;1-2H3. The highest BCUT2D eigenvalue weighted by Crippen LogP contribution is 2.00. The van der Waals surface area contributed by atoms with Crippen molar-refractivity contribution < 1.29 is 4.79 Å². The van der Waals surface area contributed by atoms with Gasteiger partial charge in [-0.05, 0) is 12.5 Å². The predicted molar refractivity (Wildman–Crippen MR) is 60.7 cm³/mol. The van der Waals surface area contributed by atoms with Gasteiger partial charge in [0.25, 0.3) is 0 Å². The van der Waals surface area contributed by atoms with Crippen molar-refractivity contribution in [3.8, 4) is 0 Å². The zero-order valence-corrected chi connectivity index (χ0v) is 9.24. The molecule has 76 valence electrons. The molecule has 1 rings (SSSR count). The third kappa shape index (κ3) is 4.55. The number of benzene rings is 1. The summed E-state index contributed by atoms with van der Waals surface area (Å²) in [5.41, 5.74) is 1.76. The van der Waals surface area contributed by atoms with E-state index in [1.165, 1.54) is 6.92 Å². The molecule has 0 saturated heterocycles. The second kappa shape index (κ2) is 7.01. The molecule has 0 saturated carbocycles. The van der Waals surface area contributed by atoms with E-state index < -0.39 is 0 Å². The summed E-state index contributed by atoms with van der Waals surface area (Å²) in [5.74, 6) is -0.156. The van der Waals surface area contributed by atoms with E-state index in [0.29, 0.717) is 0 Å². The van der Waals surface area contributed by atoms with Crippen molar-refractivity contribution in [2.75, 3.05) is 0 Å². The molecule has 0 N–H and O–H groups in total. The van der Waals surface area contributed by atoms with Crippen LogP contribution in [0, 0.1) is 0 Å². The van der Waals surface area contributed by atoms with Crippen LogP contribution in [0.25, 0.3) is 0 Å². The van der Waals surface area contributed by atoms with Gasteiger partial charge in [-0.3, -0.25) is 4.79 Å².